The van der Waals surface area contributed by atoms with Crippen molar-refractivity contribution in [1.29, 1.82) is 0 Å². The molecule has 23 heavy (non-hydrogen) atoms. The predicted molar refractivity (Wildman–Crippen MR) is 88.2 cm³/mol. The molecular formula is C19H17NO3. The summed E-state index contributed by atoms with van der Waals surface area (Å²) in [5.74, 6) is -0.623. The number of para-hydroxylation sites is 1. The lowest BCUT2D eigenvalue weighted by Gasteiger charge is -2.16. The number of carbonyl (C=O) groups excluding carboxylic acids is 2. The molecule has 1 N–H and O–H groups in total. The van der Waals surface area contributed by atoms with E-state index < -0.39 is 12.1 Å². The summed E-state index contributed by atoms with van der Waals surface area (Å²) in [7, 11) is 0. The Morgan fingerprint density at radius 2 is 1.74 bits per heavy atom. The third-order valence-corrected chi connectivity index (χ3v) is 3.73. The lowest BCUT2D eigenvalue weighted by Crippen LogP contribution is -2.19. The van der Waals surface area contributed by atoms with Gasteiger partial charge in [-0.3, -0.25) is 9.59 Å². The highest BCUT2D eigenvalue weighted by molar-refractivity contribution is 6.10. The maximum atomic E-state index is 13.0. The lowest BCUT2D eigenvalue weighted by atomic mass is 9.99. The van der Waals surface area contributed by atoms with Gasteiger partial charge in [0.25, 0.3) is 0 Å². The molecule has 4 heteroatoms. The Labute approximate surface area is 134 Å². The van der Waals surface area contributed by atoms with Gasteiger partial charge in [0, 0.05) is 34.6 Å². The van der Waals surface area contributed by atoms with Gasteiger partial charge in [0.2, 0.25) is 5.78 Å². The van der Waals surface area contributed by atoms with Crippen molar-refractivity contribution < 1.29 is 14.3 Å². The fourth-order valence-electron chi connectivity index (χ4n) is 2.53. The van der Waals surface area contributed by atoms with Gasteiger partial charge in [0.15, 0.2) is 6.10 Å². The number of benzene rings is 2. The van der Waals surface area contributed by atoms with Gasteiger partial charge in [-0.05, 0) is 6.07 Å². The molecule has 0 aliphatic heterocycles. The Morgan fingerprint density at radius 1 is 1.04 bits per heavy atom. The van der Waals surface area contributed by atoms with Crippen LogP contribution in [0, 0.1) is 0 Å². The maximum Gasteiger partial charge on any atom is 0.306 e. The van der Waals surface area contributed by atoms with Gasteiger partial charge in [-0.25, -0.2) is 0 Å². The van der Waals surface area contributed by atoms with E-state index >= 15 is 0 Å². The first kappa shape index (κ1) is 15.0. The monoisotopic (exact) mass is 307 g/mol. The van der Waals surface area contributed by atoms with Crippen molar-refractivity contribution in [2.75, 3.05) is 0 Å². The topological polar surface area (TPSA) is 59.2 Å². The molecule has 116 valence electrons. The molecule has 0 amide bonds. The number of aromatic nitrogens is 1. The number of esters is 1. The van der Waals surface area contributed by atoms with Gasteiger partial charge in [0.1, 0.15) is 0 Å². The summed E-state index contributed by atoms with van der Waals surface area (Å²) in [6, 6.07) is 16.7. The Kier molecular flexibility index (Phi) is 4.24. The second-order valence-electron chi connectivity index (χ2n) is 5.25. The van der Waals surface area contributed by atoms with Crippen molar-refractivity contribution in [3.8, 4) is 0 Å². The van der Waals surface area contributed by atoms with Crippen LogP contribution >= 0.6 is 0 Å². The standard InChI is InChI=1S/C19H17NO3/c1-2-17(21)23-19(13-8-4-3-5-9-13)18(22)15-12-20-16-11-7-6-10-14(15)16/h3-12,19-20H,2H2,1H3. The van der Waals surface area contributed by atoms with Crippen LogP contribution in [0.3, 0.4) is 0 Å². The van der Waals surface area contributed by atoms with E-state index in [-0.39, 0.29) is 12.2 Å². The van der Waals surface area contributed by atoms with E-state index in [0.29, 0.717) is 11.1 Å². The van der Waals surface area contributed by atoms with Gasteiger partial charge < -0.3 is 9.72 Å². The molecule has 0 aliphatic carbocycles. The van der Waals surface area contributed by atoms with Crippen LogP contribution in [0.4, 0.5) is 0 Å². The van der Waals surface area contributed by atoms with Crippen molar-refractivity contribution in [2.45, 2.75) is 19.4 Å². The number of H-pyrrole nitrogens is 1. The molecule has 2 aromatic carbocycles. The van der Waals surface area contributed by atoms with Crippen molar-refractivity contribution >= 4 is 22.7 Å². The highest BCUT2D eigenvalue weighted by atomic mass is 16.5. The van der Waals surface area contributed by atoms with Gasteiger partial charge in [-0.1, -0.05) is 55.5 Å². The number of Topliss-reactive ketones (excluding diaryl/α,β-unsaturated/α-hetero) is 1. The minimum Gasteiger partial charge on any atom is -0.449 e. The molecule has 0 fully saturated rings. The Morgan fingerprint density at radius 3 is 2.48 bits per heavy atom. The number of hydrogen-bond donors (Lipinski definition) is 1. The summed E-state index contributed by atoms with van der Waals surface area (Å²) in [5, 5.41) is 0.825. The molecule has 0 spiro atoms. The first-order chi connectivity index (χ1) is 11.2. The molecule has 1 atom stereocenters. The summed E-state index contributed by atoms with van der Waals surface area (Å²) in [6.45, 7) is 1.71. The zero-order valence-corrected chi connectivity index (χ0v) is 12.8. The van der Waals surface area contributed by atoms with Crippen LogP contribution < -0.4 is 0 Å². The van der Waals surface area contributed by atoms with Crippen molar-refractivity contribution in [3.05, 3.63) is 71.9 Å². The van der Waals surface area contributed by atoms with Crippen LogP contribution in [-0.4, -0.2) is 16.7 Å². The molecule has 1 unspecified atom stereocenters. The van der Waals surface area contributed by atoms with E-state index in [0.717, 1.165) is 10.9 Å². The number of ketones is 1. The van der Waals surface area contributed by atoms with Crippen LogP contribution in [0.5, 0.6) is 0 Å². The number of hydrogen-bond acceptors (Lipinski definition) is 3. The van der Waals surface area contributed by atoms with Crippen molar-refractivity contribution in [1.82, 2.24) is 4.98 Å². The number of ether oxygens (including phenoxy) is 1. The summed E-state index contributed by atoms with van der Waals surface area (Å²) < 4.78 is 5.42. The van der Waals surface area contributed by atoms with Crippen LogP contribution in [0.2, 0.25) is 0 Å². The number of rotatable bonds is 5. The molecular weight excluding hydrogens is 290 g/mol. The molecule has 3 aromatic rings. The predicted octanol–water partition coefficient (Wildman–Crippen LogP) is 4.05. The fourth-order valence-corrected chi connectivity index (χ4v) is 2.53. The molecule has 0 bridgehead atoms. The lowest BCUT2D eigenvalue weighted by molar-refractivity contribution is -0.146. The van der Waals surface area contributed by atoms with E-state index in [1.165, 1.54) is 0 Å². The van der Waals surface area contributed by atoms with Crippen LogP contribution in [0.25, 0.3) is 10.9 Å². The average molecular weight is 307 g/mol. The van der Waals surface area contributed by atoms with E-state index in [9.17, 15) is 9.59 Å². The largest absolute Gasteiger partial charge is 0.449 e. The first-order valence-electron chi connectivity index (χ1n) is 7.55. The summed E-state index contributed by atoms with van der Waals surface area (Å²) in [6.07, 6.45) is 0.968. The quantitative estimate of drug-likeness (QED) is 0.571. The highest BCUT2D eigenvalue weighted by Crippen LogP contribution is 2.27. The molecule has 0 radical (unpaired) electrons. The summed E-state index contributed by atoms with van der Waals surface area (Å²) in [5.41, 5.74) is 2.08. The Balaban J connectivity index is 2.02. The summed E-state index contributed by atoms with van der Waals surface area (Å²) in [4.78, 5) is 27.8. The van der Waals surface area contributed by atoms with E-state index in [4.69, 9.17) is 4.74 Å². The Hall–Kier alpha value is -2.88. The fraction of sp³-hybridized carbons (Fsp3) is 0.158. The van der Waals surface area contributed by atoms with E-state index in [2.05, 4.69) is 4.98 Å². The second-order valence-corrected chi connectivity index (χ2v) is 5.25. The number of aromatic amines is 1. The van der Waals surface area contributed by atoms with Crippen LogP contribution in [0.15, 0.2) is 60.8 Å². The highest BCUT2D eigenvalue weighted by Gasteiger charge is 2.27. The Bertz CT molecular complexity index is 836. The van der Waals surface area contributed by atoms with Gasteiger partial charge in [-0.15, -0.1) is 0 Å². The minimum absolute atomic E-state index is 0.226. The van der Waals surface area contributed by atoms with E-state index in [1.54, 1.807) is 25.3 Å². The second kappa shape index (κ2) is 6.48. The number of carbonyl (C=O) groups is 2. The molecule has 0 saturated carbocycles. The first-order valence-corrected chi connectivity index (χ1v) is 7.55. The third-order valence-electron chi connectivity index (χ3n) is 3.73. The minimum atomic E-state index is -0.928. The zero-order valence-electron chi connectivity index (χ0n) is 12.8. The smallest absolute Gasteiger partial charge is 0.306 e. The van der Waals surface area contributed by atoms with Gasteiger partial charge >= 0.3 is 5.97 Å². The third kappa shape index (κ3) is 3.01. The van der Waals surface area contributed by atoms with Crippen LogP contribution in [0.1, 0.15) is 35.4 Å². The average Bonchev–Trinajstić information content (AvgIpc) is 3.03. The number of fused-ring (bicyclic) bond motifs is 1. The molecule has 3 rings (SSSR count). The van der Waals surface area contributed by atoms with Gasteiger partial charge in [0.05, 0.1) is 0 Å². The zero-order chi connectivity index (χ0) is 16.2. The van der Waals surface area contributed by atoms with E-state index in [1.807, 2.05) is 42.5 Å². The molecule has 0 saturated heterocycles. The molecule has 1 aromatic heterocycles. The normalized spacial score (nSPS) is 12.0. The molecule has 1 heterocycles. The van der Waals surface area contributed by atoms with Crippen molar-refractivity contribution in [2.24, 2.45) is 0 Å². The van der Waals surface area contributed by atoms with Gasteiger partial charge in [-0.2, -0.15) is 0 Å². The molecule has 0 aliphatic rings. The maximum absolute atomic E-state index is 13.0. The van der Waals surface area contributed by atoms with Crippen LogP contribution in [-0.2, 0) is 9.53 Å². The van der Waals surface area contributed by atoms with Crippen molar-refractivity contribution in [3.63, 3.8) is 0 Å². The SMILES string of the molecule is CCC(=O)OC(C(=O)c1c[nH]c2ccccc12)c1ccccc1. The summed E-state index contributed by atoms with van der Waals surface area (Å²) >= 11 is 0. The number of nitrogens with one attached hydrogen (secondary N) is 1. The molecule has 4 nitrogen and oxygen atoms in total.